The fourth-order valence-electron chi connectivity index (χ4n) is 1.10. The van der Waals surface area contributed by atoms with Crippen LogP contribution in [0.15, 0.2) is 12.1 Å². The number of aliphatic hydroxyl groups is 1. The summed E-state index contributed by atoms with van der Waals surface area (Å²) in [5.41, 5.74) is 0.535. The summed E-state index contributed by atoms with van der Waals surface area (Å²) < 4.78 is 11.2. The number of rotatable bonds is 5. The molecule has 0 heterocycles. The fourth-order valence-corrected chi connectivity index (χ4v) is 1.88. The highest BCUT2D eigenvalue weighted by Gasteiger charge is 2.10. The van der Waals surface area contributed by atoms with Gasteiger partial charge in [0.25, 0.3) is 0 Å². The number of ether oxygens (including phenoxy) is 2. The van der Waals surface area contributed by atoms with Crippen molar-refractivity contribution < 1.29 is 19.4 Å². The zero-order valence-electron chi connectivity index (χ0n) is 8.20. The predicted octanol–water partition coefficient (Wildman–Crippen LogP) is 1.48. The average molecular weight is 322 g/mol. The highest BCUT2D eigenvalue weighted by atomic mass is 127. The lowest BCUT2D eigenvalue weighted by atomic mass is 10.2. The smallest absolute Gasteiger partial charge is 0.174 e. The molecule has 0 aliphatic heterocycles. The molecule has 0 unspecified atom stereocenters. The van der Waals surface area contributed by atoms with Gasteiger partial charge >= 0.3 is 0 Å². The topological polar surface area (TPSA) is 55.8 Å². The molecule has 0 amide bonds. The summed E-state index contributed by atoms with van der Waals surface area (Å²) >= 11 is 2.05. The van der Waals surface area contributed by atoms with Crippen LogP contribution in [0.5, 0.6) is 11.5 Å². The van der Waals surface area contributed by atoms with Gasteiger partial charge in [-0.25, -0.2) is 0 Å². The Morgan fingerprint density at radius 1 is 1.53 bits per heavy atom. The number of aldehydes is 1. The summed E-state index contributed by atoms with van der Waals surface area (Å²) in [6.07, 6.45) is 0.751. The van der Waals surface area contributed by atoms with E-state index in [4.69, 9.17) is 14.6 Å². The summed E-state index contributed by atoms with van der Waals surface area (Å²) in [5, 5.41) is 8.66. The van der Waals surface area contributed by atoms with Crippen LogP contribution in [0.3, 0.4) is 0 Å². The van der Waals surface area contributed by atoms with Crippen LogP contribution in [-0.4, -0.2) is 31.7 Å². The van der Waals surface area contributed by atoms with Crippen molar-refractivity contribution in [3.63, 3.8) is 0 Å². The second-order valence-electron chi connectivity index (χ2n) is 2.72. The van der Waals surface area contributed by atoms with Crippen LogP contribution in [-0.2, 0) is 0 Å². The van der Waals surface area contributed by atoms with E-state index in [1.165, 1.54) is 7.11 Å². The van der Waals surface area contributed by atoms with Crippen molar-refractivity contribution in [2.75, 3.05) is 20.3 Å². The summed E-state index contributed by atoms with van der Waals surface area (Å²) in [6.45, 7) is 0.140. The van der Waals surface area contributed by atoms with Crippen LogP contribution in [0.1, 0.15) is 10.4 Å². The normalized spacial score (nSPS) is 9.80. The molecule has 0 spiro atoms. The number of hydrogen-bond acceptors (Lipinski definition) is 4. The van der Waals surface area contributed by atoms with Crippen molar-refractivity contribution in [1.82, 2.24) is 0 Å². The SMILES string of the molecule is COc1cc(C=O)cc(I)c1OCCO. The van der Waals surface area contributed by atoms with E-state index in [9.17, 15) is 4.79 Å². The molecular formula is C10H11IO4. The molecule has 0 radical (unpaired) electrons. The minimum absolute atomic E-state index is 0.0608. The van der Waals surface area contributed by atoms with Crippen molar-refractivity contribution >= 4 is 28.9 Å². The lowest BCUT2D eigenvalue weighted by Gasteiger charge is -2.12. The molecular weight excluding hydrogens is 311 g/mol. The number of aliphatic hydroxyl groups excluding tert-OH is 1. The van der Waals surface area contributed by atoms with E-state index in [-0.39, 0.29) is 13.2 Å². The standard InChI is InChI=1S/C10H11IO4/c1-14-9-5-7(6-13)4-8(11)10(9)15-3-2-12/h4-6,12H,2-3H2,1H3. The fraction of sp³-hybridized carbons (Fsp3) is 0.300. The first-order chi connectivity index (χ1) is 7.22. The van der Waals surface area contributed by atoms with Crippen molar-refractivity contribution in [2.24, 2.45) is 0 Å². The van der Waals surface area contributed by atoms with Crippen molar-refractivity contribution in [2.45, 2.75) is 0 Å². The summed E-state index contributed by atoms with van der Waals surface area (Å²) in [7, 11) is 1.51. The Kier molecular flexibility index (Phi) is 4.83. The van der Waals surface area contributed by atoms with E-state index in [0.29, 0.717) is 17.1 Å². The van der Waals surface area contributed by atoms with E-state index in [0.717, 1.165) is 9.86 Å². The van der Waals surface area contributed by atoms with Gasteiger partial charge in [0.15, 0.2) is 11.5 Å². The average Bonchev–Trinajstić information content (AvgIpc) is 2.26. The summed E-state index contributed by atoms with van der Waals surface area (Å²) in [4.78, 5) is 10.6. The van der Waals surface area contributed by atoms with Gasteiger partial charge in [-0.3, -0.25) is 4.79 Å². The van der Waals surface area contributed by atoms with Gasteiger partial charge in [0, 0.05) is 5.56 Å². The Hall–Kier alpha value is -0.820. The number of carbonyl (C=O) groups is 1. The van der Waals surface area contributed by atoms with Crippen LogP contribution in [0.4, 0.5) is 0 Å². The quantitative estimate of drug-likeness (QED) is 0.659. The van der Waals surface area contributed by atoms with Gasteiger partial charge in [-0.2, -0.15) is 0 Å². The van der Waals surface area contributed by atoms with Gasteiger partial charge < -0.3 is 14.6 Å². The monoisotopic (exact) mass is 322 g/mol. The highest BCUT2D eigenvalue weighted by Crippen LogP contribution is 2.33. The Bertz CT molecular complexity index is 352. The van der Waals surface area contributed by atoms with Gasteiger partial charge in [0.1, 0.15) is 12.9 Å². The van der Waals surface area contributed by atoms with Crippen molar-refractivity contribution in [1.29, 1.82) is 0 Å². The van der Waals surface area contributed by atoms with Crippen molar-refractivity contribution in [3.8, 4) is 11.5 Å². The Morgan fingerprint density at radius 2 is 2.27 bits per heavy atom. The molecule has 1 aromatic rings. The van der Waals surface area contributed by atoms with Crippen LogP contribution in [0, 0.1) is 3.57 Å². The lowest BCUT2D eigenvalue weighted by Crippen LogP contribution is -2.05. The molecule has 15 heavy (non-hydrogen) atoms. The zero-order chi connectivity index (χ0) is 11.3. The van der Waals surface area contributed by atoms with E-state index in [1.807, 2.05) is 0 Å². The zero-order valence-corrected chi connectivity index (χ0v) is 10.4. The molecule has 0 aromatic heterocycles. The molecule has 0 saturated heterocycles. The molecule has 1 rings (SSSR count). The lowest BCUT2D eigenvalue weighted by molar-refractivity contribution is 0.112. The maximum absolute atomic E-state index is 10.6. The second-order valence-corrected chi connectivity index (χ2v) is 3.89. The molecule has 5 heteroatoms. The van der Waals surface area contributed by atoms with Crippen molar-refractivity contribution in [3.05, 3.63) is 21.3 Å². The van der Waals surface area contributed by atoms with Gasteiger partial charge in [-0.1, -0.05) is 0 Å². The Morgan fingerprint density at radius 3 is 2.80 bits per heavy atom. The molecule has 0 aliphatic rings. The molecule has 0 fully saturated rings. The molecule has 0 aliphatic carbocycles. The molecule has 1 N–H and O–H groups in total. The number of methoxy groups -OCH3 is 1. The third kappa shape index (κ3) is 3.07. The van der Waals surface area contributed by atoms with Crippen LogP contribution in [0.2, 0.25) is 0 Å². The van der Waals surface area contributed by atoms with E-state index in [2.05, 4.69) is 22.6 Å². The largest absolute Gasteiger partial charge is 0.493 e. The van der Waals surface area contributed by atoms with Crippen LogP contribution in [0.25, 0.3) is 0 Å². The first-order valence-corrected chi connectivity index (χ1v) is 5.37. The molecule has 0 bridgehead atoms. The van der Waals surface area contributed by atoms with E-state index < -0.39 is 0 Å². The Balaban J connectivity index is 3.06. The molecule has 1 aromatic carbocycles. The van der Waals surface area contributed by atoms with Crippen LogP contribution >= 0.6 is 22.6 Å². The summed E-state index contributed by atoms with van der Waals surface area (Å²) in [5.74, 6) is 1.05. The first-order valence-electron chi connectivity index (χ1n) is 4.29. The highest BCUT2D eigenvalue weighted by molar-refractivity contribution is 14.1. The predicted molar refractivity (Wildman–Crippen MR) is 63.7 cm³/mol. The van der Waals surface area contributed by atoms with E-state index in [1.54, 1.807) is 12.1 Å². The van der Waals surface area contributed by atoms with E-state index >= 15 is 0 Å². The number of halogens is 1. The second kappa shape index (κ2) is 5.92. The van der Waals surface area contributed by atoms with Gasteiger partial charge in [0.2, 0.25) is 0 Å². The number of benzene rings is 1. The van der Waals surface area contributed by atoms with Gasteiger partial charge in [-0.05, 0) is 34.7 Å². The maximum Gasteiger partial charge on any atom is 0.174 e. The minimum Gasteiger partial charge on any atom is -0.493 e. The van der Waals surface area contributed by atoms with Crippen LogP contribution < -0.4 is 9.47 Å². The molecule has 0 saturated carbocycles. The number of hydrogen-bond donors (Lipinski definition) is 1. The Labute approximate surface area is 101 Å². The first kappa shape index (κ1) is 12.3. The minimum atomic E-state index is -0.0608. The van der Waals surface area contributed by atoms with Gasteiger partial charge in [0.05, 0.1) is 17.3 Å². The molecule has 4 nitrogen and oxygen atoms in total. The molecule has 82 valence electrons. The third-order valence-electron chi connectivity index (χ3n) is 1.73. The van der Waals surface area contributed by atoms with Gasteiger partial charge in [-0.15, -0.1) is 0 Å². The number of carbonyl (C=O) groups excluding carboxylic acids is 1. The third-order valence-corrected chi connectivity index (χ3v) is 2.53. The summed E-state index contributed by atoms with van der Waals surface area (Å²) in [6, 6.07) is 3.30. The maximum atomic E-state index is 10.6. The molecule has 0 atom stereocenters.